The minimum absolute atomic E-state index is 0.0163. The largest absolute Gasteiger partial charge is 0.452 e. The lowest BCUT2D eigenvalue weighted by molar-refractivity contribution is 0.0939. The van der Waals surface area contributed by atoms with Crippen molar-refractivity contribution in [3.63, 3.8) is 0 Å². The molecule has 1 atom stereocenters. The van der Waals surface area contributed by atoms with E-state index in [-0.39, 0.29) is 27.6 Å². The number of benzene rings is 1. The van der Waals surface area contributed by atoms with Crippen LogP contribution in [0.2, 0.25) is 5.22 Å². The van der Waals surface area contributed by atoms with Gasteiger partial charge in [0.05, 0.1) is 22.8 Å². The van der Waals surface area contributed by atoms with Crippen LogP contribution in [0.25, 0.3) is 0 Å². The average molecular weight is 329 g/mol. The van der Waals surface area contributed by atoms with E-state index in [0.717, 1.165) is 5.56 Å². The summed E-state index contributed by atoms with van der Waals surface area (Å²) in [4.78, 5) is 12.0. The molecule has 3 N–H and O–H groups in total. The van der Waals surface area contributed by atoms with Crippen molar-refractivity contribution < 1.29 is 17.6 Å². The summed E-state index contributed by atoms with van der Waals surface area (Å²) >= 11 is 5.73. The van der Waals surface area contributed by atoms with Gasteiger partial charge in [0.1, 0.15) is 0 Å². The van der Waals surface area contributed by atoms with Crippen molar-refractivity contribution in [1.29, 1.82) is 0 Å². The SMILES string of the molecule is CC(NC(=O)c1ccoc1Cl)c1ccc(S(N)(=O)=O)cc1. The number of primary sulfonamides is 1. The summed E-state index contributed by atoms with van der Waals surface area (Å²) in [5, 5.41) is 7.77. The molecule has 0 aliphatic carbocycles. The van der Waals surface area contributed by atoms with Gasteiger partial charge in [-0.25, -0.2) is 13.6 Å². The minimum atomic E-state index is -3.73. The number of hydrogen-bond acceptors (Lipinski definition) is 4. The first-order valence-corrected chi connectivity index (χ1v) is 7.88. The molecule has 2 aromatic rings. The van der Waals surface area contributed by atoms with E-state index in [1.165, 1.54) is 24.5 Å². The van der Waals surface area contributed by atoms with Gasteiger partial charge in [0.2, 0.25) is 15.2 Å². The van der Waals surface area contributed by atoms with Crippen molar-refractivity contribution in [2.45, 2.75) is 17.9 Å². The van der Waals surface area contributed by atoms with Gasteiger partial charge in [-0.2, -0.15) is 0 Å². The molecule has 1 unspecified atom stereocenters. The molecule has 8 heteroatoms. The smallest absolute Gasteiger partial charge is 0.256 e. The Bertz CT molecular complexity index is 753. The van der Waals surface area contributed by atoms with E-state index in [9.17, 15) is 13.2 Å². The Morgan fingerprint density at radius 2 is 1.90 bits per heavy atom. The first kappa shape index (κ1) is 15.6. The second kappa shape index (κ2) is 5.88. The van der Waals surface area contributed by atoms with Crippen LogP contribution >= 0.6 is 11.6 Å². The van der Waals surface area contributed by atoms with Gasteiger partial charge in [0.15, 0.2) is 0 Å². The number of halogens is 1. The summed E-state index contributed by atoms with van der Waals surface area (Å²) < 4.78 is 27.2. The molecule has 112 valence electrons. The number of furan rings is 1. The fraction of sp³-hybridized carbons (Fsp3) is 0.154. The molecular weight excluding hydrogens is 316 g/mol. The third-order valence-corrected chi connectivity index (χ3v) is 4.14. The van der Waals surface area contributed by atoms with Crippen LogP contribution in [0.4, 0.5) is 0 Å². The second-order valence-corrected chi connectivity index (χ2v) is 6.32. The number of carbonyl (C=O) groups excluding carboxylic acids is 1. The van der Waals surface area contributed by atoms with E-state index in [1.807, 2.05) is 0 Å². The Morgan fingerprint density at radius 3 is 2.38 bits per heavy atom. The van der Waals surface area contributed by atoms with Crippen LogP contribution < -0.4 is 10.5 Å². The molecule has 0 saturated carbocycles. The summed E-state index contributed by atoms with van der Waals surface area (Å²) in [6.07, 6.45) is 1.32. The molecule has 0 aliphatic rings. The maximum atomic E-state index is 12.0. The molecule has 2 rings (SSSR count). The second-order valence-electron chi connectivity index (χ2n) is 4.42. The molecule has 1 aromatic carbocycles. The van der Waals surface area contributed by atoms with E-state index in [4.69, 9.17) is 21.2 Å². The van der Waals surface area contributed by atoms with Gasteiger partial charge in [-0.1, -0.05) is 12.1 Å². The summed E-state index contributed by atoms with van der Waals surface area (Å²) in [6.45, 7) is 1.76. The normalized spacial score (nSPS) is 12.9. The average Bonchev–Trinajstić information content (AvgIpc) is 2.84. The van der Waals surface area contributed by atoms with Crippen LogP contribution in [0.5, 0.6) is 0 Å². The molecule has 0 fully saturated rings. The number of nitrogens with two attached hydrogens (primary N) is 1. The number of rotatable bonds is 4. The van der Waals surface area contributed by atoms with Crippen molar-refractivity contribution >= 4 is 27.5 Å². The number of hydrogen-bond donors (Lipinski definition) is 2. The Labute approximate surface area is 126 Å². The number of carbonyl (C=O) groups is 1. The number of nitrogens with one attached hydrogen (secondary N) is 1. The lowest BCUT2D eigenvalue weighted by atomic mass is 10.1. The van der Waals surface area contributed by atoms with Gasteiger partial charge in [0, 0.05) is 0 Å². The van der Waals surface area contributed by atoms with Gasteiger partial charge >= 0.3 is 0 Å². The summed E-state index contributed by atoms with van der Waals surface area (Å²) in [5.74, 6) is -0.378. The predicted octanol–water partition coefficient (Wildman–Crippen LogP) is 2.07. The first-order chi connectivity index (χ1) is 9.79. The highest BCUT2D eigenvalue weighted by Crippen LogP contribution is 2.19. The zero-order valence-corrected chi connectivity index (χ0v) is 12.6. The number of amides is 1. The monoisotopic (exact) mass is 328 g/mol. The molecule has 0 radical (unpaired) electrons. The minimum Gasteiger partial charge on any atom is -0.452 e. The van der Waals surface area contributed by atoms with E-state index >= 15 is 0 Å². The zero-order valence-electron chi connectivity index (χ0n) is 11.0. The quantitative estimate of drug-likeness (QED) is 0.896. The molecule has 21 heavy (non-hydrogen) atoms. The van der Waals surface area contributed by atoms with Crippen LogP contribution in [0.15, 0.2) is 45.9 Å². The van der Waals surface area contributed by atoms with E-state index in [1.54, 1.807) is 19.1 Å². The Hall–Kier alpha value is -1.83. The van der Waals surface area contributed by atoms with Crippen LogP contribution in [0, 0.1) is 0 Å². The summed E-state index contributed by atoms with van der Waals surface area (Å²) in [5.41, 5.74) is 0.972. The molecular formula is C13H13ClN2O4S. The Kier molecular flexibility index (Phi) is 4.36. The Balaban J connectivity index is 2.12. The zero-order chi connectivity index (χ0) is 15.6. The van der Waals surface area contributed by atoms with Crippen molar-refractivity contribution in [3.8, 4) is 0 Å². The van der Waals surface area contributed by atoms with Gasteiger partial charge < -0.3 is 9.73 Å². The predicted molar refractivity (Wildman–Crippen MR) is 77.4 cm³/mol. The highest BCUT2D eigenvalue weighted by molar-refractivity contribution is 7.89. The Morgan fingerprint density at radius 1 is 1.29 bits per heavy atom. The number of sulfonamides is 1. The van der Waals surface area contributed by atoms with Crippen LogP contribution in [-0.2, 0) is 10.0 Å². The highest BCUT2D eigenvalue weighted by atomic mass is 35.5. The van der Waals surface area contributed by atoms with Crippen LogP contribution in [-0.4, -0.2) is 14.3 Å². The fourth-order valence-corrected chi connectivity index (χ4v) is 2.48. The molecule has 0 saturated heterocycles. The van der Waals surface area contributed by atoms with Gasteiger partial charge in [0.25, 0.3) is 5.91 Å². The molecule has 0 bridgehead atoms. The van der Waals surface area contributed by atoms with Crippen LogP contribution in [0.1, 0.15) is 28.9 Å². The standard InChI is InChI=1S/C13H13ClN2O4S/c1-8(16-13(17)11-6-7-20-12(11)14)9-2-4-10(5-3-9)21(15,18)19/h2-8H,1H3,(H,16,17)(H2,15,18,19). The van der Waals surface area contributed by atoms with Gasteiger partial charge in [-0.15, -0.1) is 0 Å². The van der Waals surface area contributed by atoms with Gasteiger partial charge in [-0.05, 0) is 42.3 Å². The molecule has 1 aromatic heterocycles. The topological polar surface area (TPSA) is 102 Å². The molecule has 6 nitrogen and oxygen atoms in total. The van der Waals surface area contributed by atoms with Crippen LogP contribution in [0.3, 0.4) is 0 Å². The molecule has 0 spiro atoms. The summed E-state index contributed by atoms with van der Waals surface area (Å²) in [6, 6.07) is 7.08. The molecule has 1 heterocycles. The van der Waals surface area contributed by atoms with Crippen molar-refractivity contribution in [3.05, 3.63) is 52.9 Å². The third-order valence-electron chi connectivity index (χ3n) is 2.92. The molecule has 1 amide bonds. The molecule has 0 aliphatic heterocycles. The van der Waals surface area contributed by atoms with E-state index in [0.29, 0.717) is 0 Å². The van der Waals surface area contributed by atoms with Crippen molar-refractivity contribution in [2.75, 3.05) is 0 Å². The third kappa shape index (κ3) is 3.63. The van der Waals surface area contributed by atoms with Crippen molar-refractivity contribution in [1.82, 2.24) is 5.32 Å². The fourth-order valence-electron chi connectivity index (χ4n) is 1.76. The van der Waals surface area contributed by atoms with Crippen molar-refractivity contribution in [2.24, 2.45) is 5.14 Å². The first-order valence-electron chi connectivity index (χ1n) is 5.95. The van der Waals surface area contributed by atoms with E-state index in [2.05, 4.69) is 5.32 Å². The lowest BCUT2D eigenvalue weighted by Gasteiger charge is -2.14. The maximum Gasteiger partial charge on any atom is 0.256 e. The lowest BCUT2D eigenvalue weighted by Crippen LogP contribution is -2.26. The van der Waals surface area contributed by atoms with E-state index < -0.39 is 10.0 Å². The highest BCUT2D eigenvalue weighted by Gasteiger charge is 2.16. The van der Waals surface area contributed by atoms with Gasteiger partial charge in [-0.3, -0.25) is 4.79 Å². The summed E-state index contributed by atoms with van der Waals surface area (Å²) in [7, 11) is -3.73. The maximum absolute atomic E-state index is 12.0.